The van der Waals surface area contributed by atoms with Crippen LogP contribution >= 0.6 is 0 Å². The van der Waals surface area contributed by atoms with Crippen LogP contribution in [0.2, 0.25) is 0 Å². The van der Waals surface area contributed by atoms with E-state index in [1.165, 1.54) is 77.0 Å². The molecule has 1 aliphatic carbocycles. The molecular formula is C47H32O. The van der Waals surface area contributed by atoms with Gasteiger partial charge in [0.2, 0.25) is 0 Å². The molecule has 226 valence electrons. The van der Waals surface area contributed by atoms with Crippen LogP contribution in [0, 0.1) is 0 Å². The monoisotopic (exact) mass is 612 g/mol. The Hall–Kier alpha value is -5.92. The Kier molecular flexibility index (Phi) is 5.69. The molecule has 0 bridgehead atoms. The fraction of sp³-hybridized carbons (Fsp3) is 0.0638. The average Bonchev–Trinajstić information content (AvgIpc) is 3.62. The molecule has 0 unspecified atom stereocenters. The number of fused-ring (bicyclic) bond motifs is 8. The average molecular weight is 613 g/mol. The summed E-state index contributed by atoms with van der Waals surface area (Å²) in [5, 5.41) is 7.21. The largest absolute Gasteiger partial charge is 0.455 e. The van der Waals surface area contributed by atoms with E-state index < -0.39 is 0 Å². The summed E-state index contributed by atoms with van der Waals surface area (Å²) in [5.41, 5.74) is 14.4. The van der Waals surface area contributed by atoms with Crippen molar-refractivity contribution in [3.8, 4) is 44.5 Å². The van der Waals surface area contributed by atoms with Crippen molar-refractivity contribution in [1.82, 2.24) is 0 Å². The molecule has 48 heavy (non-hydrogen) atoms. The maximum absolute atomic E-state index is 6.87. The van der Waals surface area contributed by atoms with Crippen LogP contribution in [0.3, 0.4) is 0 Å². The van der Waals surface area contributed by atoms with Gasteiger partial charge in [0.1, 0.15) is 11.2 Å². The van der Waals surface area contributed by atoms with Crippen molar-refractivity contribution in [1.29, 1.82) is 0 Å². The first-order valence-corrected chi connectivity index (χ1v) is 16.8. The van der Waals surface area contributed by atoms with E-state index in [-0.39, 0.29) is 5.41 Å². The third-order valence-corrected chi connectivity index (χ3v) is 10.6. The minimum atomic E-state index is -0.149. The highest BCUT2D eigenvalue weighted by Gasteiger charge is 2.37. The number of rotatable bonds is 3. The van der Waals surface area contributed by atoms with Gasteiger partial charge in [-0.05, 0) is 84.3 Å². The van der Waals surface area contributed by atoms with Crippen LogP contribution < -0.4 is 0 Å². The van der Waals surface area contributed by atoms with Gasteiger partial charge >= 0.3 is 0 Å². The molecule has 9 aromatic rings. The van der Waals surface area contributed by atoms with Gasteiger partial charge in [0, 0.05) is 27.3 Å². The minimum absolute atomic E-state index is 0.149. The molecule has 0 amide bonds. The Morgan fingerprint density at radius 2 is 1.08 bits per heavy atom. The van der Waals surface area contributed by atoms with E-state index >= 15 is 0 Å². The Morgan fingerprint density at radius 1 is 0.417 bits per heavy atom. The summed E-state index contributed by atoms with van der Waals surface area (Å²) in [4.78, 5) is 0. The molecule has 1 aromatic heterocycles. The van der Waals surface area contributed by atoms with Crippen molar-refractivity contribution >= 4 is 43.5 Å². The van der Waals surface area contributed by atoms with Gasteiger partial charge in [-0.2, -0.15) is 0 Å². The van der Waals surface area contributed by atoms with Crippen LogP contribution in [-0.2, 0) is 5.41 Å². The molecule has 1 heterocycles. The second-order valence-electron chi connectivity index (χ2n) is 13.6. The summed E-state index contributed by atoms with van der Waals surface area (Å²) >= 11 is 0. The summed E-state index contributed by atoms with van der Waals surface area (Å²) in [6, 6.07) is 57.5. The molecule has 1 nitrogen and oxygen atoms in total. The molecule has 1 aliphatic rings. The van der Waals surface area contributed by atoms with Crippen molar-refractivity contribution in [2.45, 2.75) is 19.3 Å². The zero-order valence-corrected chi connectivity index (χ0v) is 26.9. The van der Waals surface area contributed by atoms with Crippen molar-refractivity contribution in [3.63, 3.8) is 0 Å². The molecule has 0 aliphatic heterocycles. The fourth-order valence-electron chi connectivity index (χ4n) is 8.38. The summed E-state index contributed by atoms with van der Waals surface area (Å²) in [7, 11) is 0. The lowest BCUT2D eigenvalue weighted by atomic mass is 9.80. The van der Waals surface area contributed by atoms with E-state index in [2.05, 4.69) is 172 Å². The van der Waals surface area contributed by atoms with Crippen LogP contribution in [-0.4, -0.2) is 0 Å². The summed E-state index contributed by atoms with van der Waals surface area (Å²) in [6.45, 7) is 4.75. The number of hydrogen-bond acceptors (Lipinski definition) is 1. The van der Waals surface area contributed by atoms with Crippen molar-refractivity contribution in [2.75, 3.05) is 0 Å². The molecule has 0 N–H and O–H groups in total. The van der Waals surface area contributed by atoms with E-state index in [1.807, 2.05) is 0 Å². The van der Waals surface area contributed by atoms with Crippen LogP contribution in [0.25, 0.3) is 88.0 Å². The third kappa shape index (κ3) is 3.79. The molecule has 0 fully saturated rings. The van der Waals surface area contributed by atoms with Gasteiger partial charge in [0.25, 0.3) is 0 Å². The van der Waals surface area contributed by atoms with Gasteiger partial charge in [0.15, 0.2) is 0 Å². The molecule has 0 atom stereocenters. The Balaban J connectivity index is 1.28. The molecule has 0 spiro atoms. The Labute approximate surface area is 279 Å². The number of hydrogen-bond donors (Lipinski definition) is 0. The Bertz CT molecular complexity index is 2740. The fourth-order valence-corrected chi connectivity index (χ4v) is 8.38. The second-order valence-corrected chi connectivity index (χ2v) is 13.6. The normalized spacial score (nSPS) is 13.4. The molecular weight excluding hydrogens is 581 g/mol. The summed E-state index contributed by atoms with van der Waals surface area (Å²) < 4.78 is 6.87. The highest BCUT2D eigenvalue weighted by atomic mass is 16.3. The van der Waals surface area contributed by atoms with Gasteiger partial charge in [-0.3, -0.25) is 0 Å². The van der Waals surface area contributed by atoms with Crippen LogP contribution in [0.4, 0.5) is 0 Å². The van der Waals surface area contributed by atoms with Crippen LogP contribution in [0.15, 0.2) is 162 Å². The molecule has 10 rings (SSSR count). The van der Waals surface area contributed by atoms with Crippen molar-refractivity contribution in [3.05, 3.63) is 169 Å². The lowest BCUT2D eigenvalue weighted by molar-refractivity contribution is 0.661. The highest BCUT2D eigenvalue weighted by Crippen LogP contribution is 2.54. The topological polar surface area (TPSA) is 13.1 Å². The number of benzene rings is 8. The third-order valence-electron chi connectivity index (χ3n) is 10.6. The van der Waals surface area contributed by atoms with Crippen molar-refractivity contribution < 1.29 is 4.42 Å². The zero-order valence-electron chi connectivity index (χ0n) is 26.9. The first-order chi connectivity index (χ1) is 23.6. The standard InChI is InChI=1S/C47H32O/c1-47(2)39-21-12-20-34(30-14-4-3-5-15-30)44(39)37-26-25-33(28-40(37)47)42-35-17-8-9-18-36(35)43(32-24-23-29-13-6-7-16-31(29)27-32)46-45(42)38-19-10-11-22-41(38)48-46/h3-28H,1-2H3. The maximum Gasteiger partial charge on any atom is 0.144 e. The van der Waals surface area contributed by atoms with Gasteiger partial charge in [-0.1, -0.05) is 153 Å². The zero-order chi connectivity index (χ0) is 32.0. The molecule has 8 aromatic carbocycles. The first kappa shape index (κ1) is 27.2. The van der Waals surface area contributed by atoms with Gasteiger partial charge < -0.3 is 4.42 Å². The van der Waals surface area contributed by atoms with Gasteiger partial charge in [0.05, 0.1) is 0 Å². The highest BCUT2D eigenvalue weighted by molar-refractivity contribution is 6.27. The molecule has 0 radical (unpaired) electrons. The summed E-state index contributed by atoms with van der Waals surface area (Å²) in [6.07, 6.45) is 0. The lowest BCUT2D eigenvalue weighted by Gasteiger charge is -2.23. The SMILES string of the molecule is CC1(C)c2cc(-c3c4ccccc4c(-c4ccc5ccccc5c4)c4oc5ccccc5c34)ccc2-c2c(-c3ccccc3)cccc21. The predicted octanol–water partition coefficient (Wildman–Crippen LogP) is 13.2. The maximum atomic E-state index is 6.87. The molecule has 0 saturated heterocycles. The second kappa shape index (κ2) is 10.0. The Morgan fingerprint density at radius 3 is 1.92 bits per heavy atom. The van der Waals surface area contributed by atoms with E-state index in [0.29, 0.717) is 0 Å². The molecule has 1 heteroatoms. The quantitative estimate of drug-likeness (QED) is 0.193. The van der Waals surface area contributed by atoms with Crippen molar-refractivity contribution in [2.24, 2.45) is 0 Å². The van der Waals surface area contributed by atoms with E-state index in [4.69, 9.17) is 4.42 Å². The van der Waals surface area contributed by atoms with Gasteiger partial charge in [-0.15, -0.1) is 0 Å². The minimum Gasteiger partial charge on any atom is -0.455 e. The smallest absolute Gasteiger partial charge is 0.144 e. The summed E-state index contributed by atoms with van der Waals surface area (Å²) in [5.74, 6) is 0. The molecule has 0 saturated carbocycles. The van der Waals surface area contributed by atoms with Gasteiger partial charge in [-0.25, -0.2) is 0 Å². The van der Waals surface area contributed by atoms with E-state index in [0.717, 1.165) is 22.1 Å². The lowest BCUT2D eigenvalue weighted by Crippen LogP contribution is -2.15. The first-order valence-electron chi connectivity index (χ1n) is 16.8. The number of furan rings is 1. The number of para-hydroxylation sites is 1. The van der Waals surface area contributed by atoms with Crippen LogP contribution in [0.1, 0.15) is 25.0 Å². The van der Waals surface area contributed by atoms with Crippen LogP contribution in [0.5, 0.6) is 0 Å². The van der Waals surface area contributed by atoms with E-state index in [1.54, 1.807) is 0 Å². The predicted molar refractivity (Wildman–Crippen MR) is 203 cm³/mol. The van der Waals surface area contributed by atoms with E-state index in [9.17, 15) is 0 Å².